The van der Waals surface area contributed by atoms with Crippen molar-refractivity contribution in [2.24, 2.45) is 5.92 Å². The van der Waals surface area contributed by atoms with E-state index in [1.807, 2.05) is 0 Å². The number of nitrogens with zero attached hydrogens (tertiary/aromatic N) is 2. The van der Waals surface area contributed by atoms with Crippen LogP contribution in [0.5, 0.6) is 0 Å². The number of aromatic nitrogens is 1. The van der Waals surface area contributed by atoms with Gasteiger partial charge in [0, 0.05) is 31.6 Å². The predicted octanol–water partition coefficient (Wildman–Crippen LogP) is 2.73. The molecular weight excluding hydrogens is 218 g/mol. The molecule has 0 amide bonds. The van der Waals surface area contributed by atoms with Gasteiger partial charge < -0.3 is 10.2 Å². The minimum Gasteiger partial charge on any atom is -0.351 e. The minimum atomic E-state index is 0.513. The van der Waals surface area contributed by atoms with E-state index in [1.54, 1.807) is 11.3 Å². The highest BCUT2D eigenvalue weighted by Gasteiger charge is 2.08. The molecule has 0 aromatic carbocycles. The van der Waals surface area contributed by atoms with Crippen LogP contribution in [-0.2, 0) is 6.54 Å². The fourth-order valence-electron chi connectivity index (χ4n) is 1.49. The van der Waals surface area contributed by atoms with Crippen molar-refractivity contribution in [1.82, 2.24) is 10.3 Å². The first-order valence-electron chi connectivity index (χ1n) is 5.88. The number of anilines is 1. The van der Waals surface area contributed by atoms with Crippen molar-refractivity contribution >= 4 is 16.5 Å². The molecule has 92 valence electrons. The van der Waals surface area contributed by atoms with Gasteiger partial charge in [-0.2, -0.15) is 0 Å². The van der Waals surface area contributed by atoms with Crippen molar-refractivity contribution in [3.63, 3.8) is 0 Å². The molecule has 0 aliphatic rings. The largest absolute Gasteiger partial charge is 0.351 e. The number of thiazole rings is 1. The molecule has 1 aromatic heterocycles. The third kappa shape index (κ3) is 4.49. The highest BCUT2D eigenvalue weighted by molar-refractivity contribution is 7.13. The van der Waals surface area contributed by atoms with Crippen LogP contribution in [-0.4, -0.2) is 24.6 Å². The van der Waals surface area contributed by atoms with Crippen LogP contribution in [0.15, 0.2) is 5.38 Å². The lowest BCUT2D eigenvalue weighted by atomic mass is 10.2. The van der Waals surface area contributed by atoms with E-state index in [0.717, 1.165) is 23.9 Å². The maximum atomic E-state index is 4.62. The summed E-state index contributed by atoms with van der Waals surface area (Å²) in [5.74, 6) is 0.672. The van der Waals surface area contributed by atoms with Gasteiger partial charge in [-0.05, 0) is 5.92 Å². The Kier molecular flexibility index (Phi) is 5.22. The van der Waals surface area contributed by atoms with E-state index < -0.39 is 0 Å². The van der Waals surface area contributed by atoms with Gasteiger partial charge in [0.05, 0.1) is 5.69 Å². The first-order chi connectivity index (χ1) is 7.49. The Morgan fingerprint density at radius 2 is 2.06 bits per heavy atom. The molecule has 0 atom stereocenters. The molecule has 0 radical (unpaired) electrons. The quantitative estimate of drug-likeness (QED) is 0.830. The second-order valence-electron chi connectivity index (χ2n) is 4.93. The Hall–Kier alpha value is -0.610. The van der Waals surface area contributed by atoms with Crippen molar-refractivity contribution in [3.8, 4) is 0 Å². The summed E-state index contributed by atoms with van der Waals surface area (Å²) in [6.07, 6.45) is 0. The minimum absolute atomic E-state index is 0.513. The second kappa shape index (κ2) is 6.21. The molecule has 0 bridgehead atoms. The Balaban J connectivity index is 2.50. The predicted molar refractivity (Wildman–Crippen MR) is 72.2 cm³/mol. The number of hydrogen-bond acceptors (Lipinski definition) is 4. The Labute approximate surface area is 103 Å². The van der Waals surface area contributed by atoms with Crippen LogP contribution in [0.3, 0.4) is 0 Å². The smallest absolute Gasteiger partial charge is 0.185 e. The van der Waals surface area contributed by atoms with E-state index in [-0.39, 0.29) is 0 Å². The first kappa shape index (κ1) is 13.5. The van der Waals surface area contributed by atoms with Gasteiger partial charge in [-0.3, -0.25) is 0 Å². The van der Waals surface area contributed by atoms with Crippen LogP contribution >= 0.6 is 11.3 Å². The average Bonchev–Trinajstić information content (AvgIpc) is 2.61. The Bertz CT molecular complexity index is 307. The van der Waals surface area contributed by atoms with E-state index in [9.17, 15) is 0 Å². The summed E-state index contributed by atoms with van der Waals surface area (Å²) in [7, 11) is 2.11. The van der Waals surface area contributed by atoms with Crippen molar-refractivity contribution in [2.75, 3.05) is 18.5 Å². The summed E-state index contributed by atoms with van der Waals surface area (Å²) in [6.45, 7) is 10.7. The molecule has 0 unspecified atom stereocenters. The molecule has 0 spiro atoms. The SMILES string of the molecule is CC(C)CN(C)c1nc(CNC(C)C)cs1. The lowest BCUT2D eigenvalue weighted by molar-refractivity contribution is 0.582. The average molecular weight is 241 g/mol. The number of hydrogen-bond donors (Lipinski definition) is 1. The van der Waals surface area contributed by atoms with Crippen molar-refractivity contribution in [1.29, 1.82) is 0 Å². The summed E-state index contributed by atoms with van der Waals surface area (Å²) < 4.78 is 0. The van der Waals surface area contributed by atoms with Gasteiger partial charge in [0.15, 0.2) is 5.13 Å². The van der Waals surface area contributed by atoms with E-state index in [1.165, 1.54) is 0 Å². The van der Waals surface area contributed by atoms with E-state index >= 15 is 0 Å². The lowest BCUT2D eigenvalue weighted by Crippen LogP contribution is -2.23. The molecule has 4 heteroatoms. The maximum absolute atomic E-state index is 4.62. The summed E-state index contributed by atoms with van der Waals surface area (Å²) in [5.41, 5.74) is 1.14. The fraction of sp³-hybridized carbons (Fsp3) is 0.750. The molecule has 1 heterocycles. The molecule has 0 fully saturated rings. The van der Waals surface area contributed by atoms with Crippen LogP contribution < -0.4 is 10.2 Å². The zero-order valence-electron chi connectivity index (χ0n) is 10.9. The zero-order valence-corrected chi connectivity index (χ0v) is 11.8. The van der Waals surface area contributed by atoms with Crippen molar-refractivity contribution in [2.45, 2.75) is 40.3 Å². The van der Waals surface area contributed by atoms with Gasteiger partial charge in [-0.1, -0.05) is 27.7 Å². The van der Waals surface area contributed by atoms with Crippen LogP contribution in [0, 0.1) is 5.92 Å². The summed E-state index contributed by atoms with van der Waals surface area (Å²) in [5, 5.41) is 6.64. The highest BCUT2D eigenvalue weighted by atomic mass is 32.1. The Morgan fingerprint density at radius 1 is 1.38 bits per heavy atom. The molecule has 0 aliphatic heterocycles. The zero-order chi connectivity index (χ0) is 12.1. The van der Waals surface area contributed by atoms with E-state index in [2.05, 4.69) is 55.3 Å². The third-order valence-corrected chi connectivity index (χ3v) is 3.20. The van der Waals surface area contributed by atoms with Crippen molar-refractivity contribution in [3.05, 3.63) is 11.1 Å². The molecule has 3 nitrogen and oxygen atoms in total. The maximum Gasteiger partial charge on any atom is 0.185 e. The Morgan fingerprint density at radius 3 is 2.62 bits per heavy atom. The molecule has 0 saturated carbocycles. The molecule has 16 heavy (non-hydrogen) atoms. The van der Waals surface area contributed by atoms with Crippen molar-refractivity contribution < 1.29 is 0 Å². The van der Waals surface area contributed by atoms with Crippen LogP contribution in [0.1, 0.15) is 33.4 Å². The second-order valence-corrected chi connectivity index (χ2v) is 5.77. The number of rotatable bonds is 6. The van der Waals surface area contributed by atoms with Gasteiger partial charge in [0.2, 0.25) is 0 Å². The van der Waals surface area contributed by atoms with Gasteiger partial charge in [0.1, 0.15) is 0 Å². The van der Waals surface area contributed by atoms with Gasteiger partial charge in [-0.25, -0.2) is 4.98 Å². The topological polar surface area (TPSA) is 28.2 Å². The third-order valence-electron chi connectivity index (χ3n) is 2.20. The number of nitrogens with one attached hydrogen (secondary N) is 1. The highest BCUT2D eigenvalue weighted by Crippen LogP contribution is 2.20. The van der Waals surface area contributed by atoms with Gasteiger partial charge >= 0.3 is 0 Å². The fourth-order valence-corrected chi connectivity index (χ4v) is 2.29. The van der Waals surface area contributed by atoms with Crippen LogP contribution in [0.4, 0.5) is 5.13 Å². The monoisotopic (exact) mass is 241 g/mol. The molecule has 1 N–H and O–H groups in total. The van der Waals surface area contributed by atoms with E-state index in [0.29, 0.717) is 12.0 Å². The lowest BCUT2D eigenvalue weighted by Gasteiger charge is -2.17. The first-order valence-corrected chi connectivity index (χ1v) is 6.76. The molecule has 1 rings (SSSR count). The summed E-state index contributed by atoms with van der Waals surface area (Å²) in [6, 6.07) is 0.513. The van der Waals surface area contributed by atoms with E-state index in [4.69, 9.17) is 0 Å². The normalized spacial score (nSPS) is 11.4. The molecule has 0 aliphatic carbocycles. The standard InChI is InChI=1S/C12H23N3S/c1-9(2)7-15(5)12-14-11(8-16-12)6-13-10(3)4/h8-10,13H,6-7H2,1-5H3. The van der Waals surface area contributed by atoms with Gasteiger partial charge in [-0.15, -0.1) is 11.3 Å². The summed E-state index contributed by atoms with van der Waals surface area (Å²) in [4.78, 5) is 6.85. The van der Waals surface area contributed by atoms with Gasteiger partial charge in [0.25, 0.3) is 0 Å². The molecule has 0 saturated heterocycles. The van der Waals surface area contributed by atoms with Crippen LogP contribution in [0.2, 0.25) is 0 Å². The molecular formula is C12H23N3S. The van der Waals surface area contributed by atoms with Crippen LogP contribution in [0.25, 0.3) is 0 Å². The summed E-state index contributed by atoms with van der Waals surface area (Å²) >= 11 is 1.73. The molecule has 1 aromatic rings.